The summed E-state index contributed by atoms with van der Waals surface area (Å²) in [6.45, 7) is 6.70. The summed E-state index contributed by atoms with van der Waals surface area (Å²) in [7, 11) is 1.25. The van der Waals surface area contributed by atoms with Crippen LogP contribution in [0.4, 0.5) is 9.59 Å². The zero-order valence-corrected chi connectivity index (χ0v) is 24.8. The molecule has 1 aliphatic heterocycles. The first-order valence-electron chi connectivity index (χ1n) is 14.6. The van der Waals surface area contributed by atoms with Gasteiger partial charge in [-0.25, -0.2) is 9.59 Å². The van der Waals surface area contributed by atoms with Crippen LogP contribution < -0.4 is 15.4 Å². The maximum atomic E-state index is 12.9. The largest absolute Gasteiger partial charge is 0.513 e. The van der Waals surface area contributed by atoms with Crippen LogP contribution in [0, 0.1) is 0 Å². The second kappa shape index (κ2) is 17.0. The van der Waals surface area contributed by atoms with Crippen molar-refractivity contribution in [3.8, 4) is 5.75 Å². The number of nitrogens with one attached hydrogen (secondary N) is 2. The van der Waals surface area contributed by atoms with E-state index in [1.807, 2.05) is 61.5 Å². The number of hydrogen-bond donors (Lipinski definition) is 2. The van der Waals surface area contributed by atoms with E-state index in [0.29, 0.717) is 41.6 Å². The fourth-order valence-electron chi connectivity index (χ4n) is 4.81. The number of hydrogen-bond acceptors (Lipinski definition) is 7. The molecule has 1 heterocycles. The van der Waals surface area contributed by atoms with Crippen LogP contribution in [-0.4, -0.2) is 25.9 Å². The van der Waals surface area contributed by atoms with Gasteiger partial charge in [0, 0.05) is 12.1 Å². The normalized spacial score (nSPS) is 14.8. The lowest BCUT2D eigenvalue weighted by atomic mass is 9.90. The molecule has 0 saturated carbocycles. The molecule has 3 rings (SSSR count). The molecule has 1 atom stereocenters. The molecule has 0 saturated heterocycles. The van der Waals surface area contributed by atoms with Gasteiger partial charge in [0.25, 0.3) is 0 Å². The molecule has 0 radical (unpaired) electrons. The van der Waals surface area contributed by atoms with E-state index in [-0.39, 0.29) is 5.76 Å². The van der Waals surface area contributed by atoms with Gasteiger partial charge in [-0.3, -0.25) is 0 Å². The number of benzene rings is 2. The average molecular weight is 565 g/mol. The highest BCUT2D eigenvalue weighted by Gasteiger charge is 2.37. The molecule has 0 aliphatic carbocycles. The van der Waals surface area contributed by atoms with E-state index in [1.54, 1.807) is 6.92 Å². The number of allylic oxidation sites excluding steroid dienone is 2. The van der Waals surface area contributed by atoms with Gasteiger partial charge in [0.1, 0.15) is 29.8 Å². The van der Waals surface area contributed by atoms with E-state index in [4.69, 9.17) is 18.9 Å². The summed E-state index contributed by atoms with van der Waals surface area (Å²) < 4.78 is 22.5. The number of dihydropyridines is 1. The molecule has 41 heavy (non-hydrogen) atoms. The van der Waals surface area contributed by atoms with E-state index >= 15 is 0 Å². The Morgan fingerprint density at radius 2 is 1.41 bits per heavy atom. The van der Waals surface area contributed by atoms with Crippen molar-refractivity contribution in [1.82, 2.24) is 10.6 Å². The third-order valence-corrected chi connectivity index (χ3v) is 6.97. The summed E-state index contributed by atoms with van der Waals surface area (Å²) in [6.07, 6.45) is 8.00. The lowest BCUT2D eigenvalue weighted by Crippen LogP contribution is -2.32. The molecule has 0 bridgehead atoms. The molecule has 2 aromatic carbocycles. The van der Waals surface area contributed by atoms with Crippen LogP contribution in [0.15, 0.2) is 77.5 Å². The van der Waals surface area contributed by atoms with E-state index in [9.17, 15) is 9.59 Å². The fraction of sp³-hybridized carbons (Fsp3) is 0.455. The van der Waals surface area contributed by atoms with Crippen molar-refractivity contribution >= 4 is 12.2 Å². The summed E-state index contributed by atoms with van der Waals surface area (Å²) in [5.74, 6) is 0.439. The predicted octanol–water partition coefficient (Wildman–Crippen LogP) is 8.07. The Balaban J connectivity index is 1.75. The van der Waals surface area contributed by atoms with Crippen molar-refractivity contribution in [2.24, 2.45) is 0 Å². The monoisotopic (exact) mass is 564 g/mol. The maximum Gasteiger partial charge on any atom is 0.513 e. The minimum atomic E-state index is -0.869. The lowest BCUT2D eigenvalue weighted by Gasteiger charge is -2.31. The second-order valence-electron chi connectivity index (χ2n) is 10.2. The number of carbonyl (C=O) groups is 2. The standard InChI is InChI=1S/C33H44N2O6/c1-5-6-7-8-9-10-11-17-22-34-32(36)40-30-24(2)35-25(3)31(41-33(37)38-4)29(30)27-20-15-16-21-28(27)39-23-26-18-13-12-14-19-26/h12-16,18-21,29,35H,5-11,17,22-23H2,1-4H3,(H,34,36). The summed E-state index contributed by atoms with van der Waals surface area (Å²) in [5, 5.41) is 6.05. The number of carbonyl (C=O) groups excluding carboxylic acids is 2. The van der Waals surface area contributed by atoms with Gasteiger partial charge in [-0.05, 0) is 31.9 Å². The Bertz CT molecular complexity index is 1190. The summed E-state index contributed by atoms with van der Waals surface area (Å²) in [4.78, 5) is 25.2. The average Bonchev–Trinajstić information content (AvgIpc) is 2.98. The van der Waals surface area contributed by atoms with Gasteiger partial charge in [0.15, 0.2) is 0 Å². The van der Waals surface area contributed by atoms with Crippen molar-refractivity contribution in [3.05, 3.63) is 88.6 Å². The SMILES string of the molecule is CCCCCCCCCCNC(=O)OC1=C(C)NC(C)=C(OC(=O)OC)C1c1ccccc1OCc1ccccc1. The predicted molar refractivity (Wildman–Crippen MR) is 159 cm³/mol. The van der Waals surface area contributed by atoms with Crippen LogP contribution >= 0.6 is 0 Å². The molecule has 1 unspecified atom stereocenters. The van der Waals surface area contributed by atoms with Crippen LogP contribution in [0.1, 0.15) is 89.2 Å². The third-order valence-electron chi connectivity index (χ3n) is 6.97. The summed E-state index contributed by atoms with van der Waals surface area (Å²) >= 11 is 0. The van der Waals surface area contributed by atoms with Gasteiger partial charge in [0.05, 0.1) is 18.5 Å². The zero-order valence-electron chi connectivity index (χ0n) is 24.8. The van der Waals surface area contributed by atoms with Crippen LogP contribution in [0.3, 0.4) is 0 Å². The number of para-hydroxylation sites is 1. The van der Waals surface area contributed by atoms with Gasteiger partial charge in [0.2, 0.25) is 0 Å². The summed E-state index contributed by atoms with van der Waals surface area (Å²) in [5.41, 5.74) is 2.93. The fourth-order valence-corrected chi connectivity index (χ4v) is 4.81. The Hall–Kier alpha value is -3.94. The van der Waals surface area contributed by atoms with Gasteiger partial charge < -0.3 is 29.6 Å². The van der Waals surface area contributed by atoms with Gasteiger partial charge in [-0.2, -0.15) is 0 Å². The van der Waals surface area contributed by atoms with E-state index < -0.39 is 18.2 Å². The molecule has 0 fully saturated rings. The number of rotatable bonds is 15. The highest BCUT2D eigenvalue weighted by atomic mass is 16.7. The van der Waals surface area contributed by atoms with Crippen molar-refractivity contribution in [2.45, 2.75) is 84.7 Å². The van der Waals surface area contributed by atoms with Gasteiger partial charge in [-0.1, -0.05) is 100 Å². The Morgan fingerprint density at radius 3 is 2.10 bits per heavy atom. The highest BCUT2D eigenvalue weighted by Crippen LogP contribution is 2.43. The molecular weight excluding hydrogens is 520 g/mol. The van der Waals surface area contributed by atoms with Crippen LogP contribution in [0.2, 0.25) is 0 Å². The van der Waals surface area contributed by atoms with Crippen molar-refractivity contribution in [1.29, 1.82) is 0 Å². The lowest BCUT2D eigenvalue weighted by molar-refractivity contribution is 0.0886. The molecule has 222 valence electrons. The van der Waals surface area contributed by atoms with Crippen LogP contribution in [-0.2, 0) is 20.8 Å². The molecule has 1 aliphatic rings. The molecule has 0 spiro atoms. The van der Waals surface area contributed by atoms with Crippen molar-refractivity contribution in [3.63, 3.8) is 0 Å². The Kier molecular flexibility index (Phi) is 13.1. The van der Waals surface area contributed by atoms with Crippen LogP contribution in [0.25, 0.3) is 0 Å². The zero-order chi connectivity index (χ0) is 29.5. The Morgan fingerprint density at radius 1 is 0.805 bits per heavy atom. The van der Waals surface area contributed by atoms with Gasteiger partial charge in [-0.15, -0.1) is 0 Å². The first kappa shape index (κ1) is 31.6. The van der Waals surface area contributed by atoms with Crippen molar-refractivity contribution < 1.29 is 28.5 Å². The minimum absolute atomic E-state index is 0.268. The first-order chi connectivity index (χ1) is 19.9. The first-order valence-corrected chi connectivity index (χ1v) is 14.6. The smallest absolute Gasteiger partial charge is 0.489 e. The Labute approximate surface area is 244 Å². The molecule has 2 aromatic rings. The molecule has 0 aromatic heterocycles. The summed E-state index contributed by atoms with van der Waals surface area (Å²) in [6, 6.07) is 17.3. The molecule has 1 amide bonds. The number of methoxy groups -OCH3 is 1. The number of amides is 1. The third kappa shape index (κ3) is 9.88. The van der Waals surface area contributed by atoms with E-state index in [1.165, 1.54) is 39.2 Å². The molecular formula is C33H44N2O6. The molecule has 8 nitrogen and oxygen atoms in total. The van der Waals surface area contributed by atoms with E-state index in [2.05, 4.69) is 17.6 Å². The molecule has 2 N–H and O–H groups in total. The molecule has 8 heteroatoms. The number of unbranched alkanes of at least 4 members (excludes halogenated alkanes) is 7. The topological polar surface area (TPSA) is 95.1 Å². The maximum absolute atomic E-state index is 12.9. The quantitative estimate of drug-likeness (QED) is 0.167. The number of ether oxygens (including phenoxy) is 4. The van der Waals surface area contributed by atoms with E-state index in [0.717, 1.165) is 24.8 Å². The highest BCUT2D eigenvalue weighted by molar-refractivity contribution is 5.70. The number of alkyl carbamates (subject to hydrolysis) is 1. The van der Waals surface area contributed by atoms with Crippen molar-refractivity contribution in [2.75, 3.05) is 13.7 Å². The van der Waals surface area contributed by atoms with Gasteiger partial charge >= 0.3 is 12.2 Å². The van der Waals surface area contributed by atoms with Crippen LogP contribution in [0.5, 0.6) is 5.75 Å². The second-order valence-corrected chi connectivity index (χ2v) is 10.2. The minimum Gasteiger partial charge on any atom is -0.489 e.